The molecule has 0 bridgehead atoms. The molecule has 0 aliphatic carbocycles. The zero-order chi connectivity index (χ0) is 27.4. The number of methoxy groups -OCH3 is 1. The number of carbonyl (C=O) groups is 1. The standard InChI is InChI=1S/C29H34ClFN2O4/c1-28(2,3)20-15-23(18-7-9-22(31)21(30)13-18)33-26(16-20)29(4,5)17-32-27(35)19-8-10-24(37-12-11-34)25(14-19)36-6/h7-10,13-16,34H,11-12,17H2,1-6H3,(H,32,35). The molecule has 0 fully saturated rings. The van der Waals surface area contributed by atoms with E-state index in [1.807, 2.05) is 19.9 Å². The summed E-state index contributed by atoms with van der Waals surface area (Å²) in [5.41, 5.74) is 3.00. The quantitative estimate of drug-likeness (QED) is 0.360. The van der Waals surface area contributed by atoms with E-state index in [9.17, 15) is 9.18 Å². The van der Waals surface area contributed by atoms with Gasteiger partial charge in [-0.1, -0.05) is 46.2 Å². The van der Waals surface area contributed by atoms with E-state index in [0.717, 1.165) is 11.3 Å². The van der Waals surface area contributed by atoms with Gasteiger partial charge in [-0.05, 0) is 59.5 Å². The molecule has 2 N–H and O–H groups in total. The first-order chi connectivity index (χ1) is 17.4. The molecule has 0 aliphatic heterocycles. The molecule has 3 aromatic rings. The summed E-state index contributed by atoms with van der Waals surface area (Å²) in [6.45, 7) is 10.7. The predicted octanol–water partition coefficient (Wildman–Crippen LogP) is 5.93. The average Bonchev–Trinajstić information content (AvgIpc) is 2.86. The molecule has 0 saturated heterocycles. The number of benzene rings is 2. The smallest absolute Gasteiger partial charge is 0.251 e. The van der Waals surface area contributed by atoms with E-state index < -0.39 is 11.2 Å². The molecule has 37 heavy (non-hydrogen) atoms. The first-order valence-corrected chi connectivity index (χ1v) is 12.4. The monoisotopic (exact) mass is 528 g/mol. The predicted molar refractivity (Wildman–Crippen MR) is 144 cm³/mol. The number of pyridine rings is 1. The number of hydrogen-bond acceptors (Lipinski definition) is 5. The van der Waals surface area contributed by atoms with E-state index in [-0.39, 0.29) is 29.6 Å². The van der Waals surface area contributed by atoms with Crippen molar-refractivity contribution in [1.29, 1.82) is 0 Å². The molecule has 0 spiro atoms. The first-order valence-electron chi connectivity index (χ1n) is 12.0. The maximum absolute atomic E-state index is 13.8. The SMILES string of the molecule is COc1cc(C(=O)NCC(C)(C)c2cc(C(C)(C)C)cc(-c3ccc(F)c(Cl)c3)n2)ccc1OCCO. The summed E-state index contributed by atoms with van der Waals surface area (Å²) in [7, 11) is 1.49. The molecule has 1 aromatic heterocycles. The average molecular weight is 529 g/mol. The first kappa shape index (κ1) is 28.4. The minimum absolute atomic E-state index is 0.0387. The Morgan fingerprint density at radius 3 is 2.41 bits per heavy atom. The van der Waals surface area contributed by atoms with E-state index in [0.29, 0.717) is 34.9 Å². The number of halogens is 2. The molecule has 8 heteroatoms. The molecule has 2 aromatic carbocycles. The van der Waals surface area contributed by atoms with Gasteiger partial charge in [-0.25, -0.2) is 4.39 Å². The summed E-state index contributed by atoms with van der Waals surface area (Å²) < 4.78 is 24.5. The van der Waals surface area contributed by atoms with Crippen molar-refractivity contribution in [2.24, 2.45) is 0 Å². The highest BCUT2D eigenvalue weighted by atomic mass is 35.5. The number of nitrogens with one attached hydrogen (secondary N) is 1. The van der Waals surface area contributed by atoms with Crippen molar-refractivity contribution in [2.45, 2.75) is 45.4 Å². The number of rotatable bonds is 9. The van der Waals surface area contributed by atoms with Gasteiger partial charge in [-0.3, -0.25) is 9.78 Å². The van der Waals surface area contributed by atoms with Crippen molar-refractivity contribution < 1.29 is 23.8 Å². The van der Waals surface area contributed by atoms with Crippen LogP contribution in [-0.2, 0) is 10.8 Å². The zero-order valence-electron chi connectivity index (χ0n) is 22.1. The number of nitrogens with zero attached hydrogens (tertiary/aromatic N) is 1. The van der Waals surface area contributed by atoms with Gasteiger partial charge in [0.15, 0.2) is 11.5 Å². The molecule has 0 aliphatic rings. The fraction of sp³-hybridized carbons (Fsp3) is 0.379. The normalized spacial score (nSPS) is 11.8. The number of hydrogen-bond donors (Lipinski definition) is 2. The van der Waals surface area contributed by atoms with Gasteiger partial charge in [0, 0.05) is 28.8 Å². The molecule has 0 radical (unpaired) electrons. The van der Waals surface area contributed by atoms with Crippen LogP contribution >= 0.6 is 11.6 Å². The topological polar surface area (TPSA) is 80.7 Å². The summed E-state index contributed by atoms with van der Waals surface area (Å²) in [5, 5.41) is 12.0. The van der Waals surface area contributed by atoms with Crippen LogP contribution in [0.5, 0.6) is 11.5 Å². The Morgan fingerprint density at radius 1 is 1.05 bits per heavy atom. The van der Waals surface area contributed by atoms with E-state index in [2.05, 4.69) is 32.2 Å². The Morgan fingerprint density at radius 2 is 1.78 bits per heavy atom. The second-order valence-electron chi connectivity index (χ2n) is 10.5. The Balaban J connectivity index is 1.88. The molecule has 1 heterocycles. The second kappa shape index (κ2) is 11.5. The van der Waals surface area contributed by atoms with Gasteiger partial charge in [-0.15, -0.1) is 0 Å². The number of amides is 1. The van der Waals surface area contributed by atoms with Crippen LogP contribution in [0.15, 0.2) is 48.5 Å². The molecule has 0 unspecified atom stereocenters. The van der Waals surface area contributed by atoms with Gasteiger partial charge in [0.05, 0.1) is 24.4 Å². The van der Waals surface area contributed by atoms with Crippen LogP contribution in [0.4, 0.5) is 4.39 Å². The van der Waals surface area contributed by atoms with Gasteiger partial charge >= 0.3 is 0 Å². The van der Waals surface area contributed by atoms with Crippen molar-refractivity contribution in [1.82, 2.24) is 10.3 Å². The lowest BCUT2D eigenvalue weighted by molar-refractivity contribution is 0.0945. The van der Waals surface area contributed by atoms with Crippen molar-refractivity contribution in [3.8, 4) is 22.8 Å². The third-order valence-corrected chi connectivity index (χ3v) is 6.36. The maximum Gasteiger partial charge on any atom is 0.251 e. The van der Waals surface area contributed by atoms with Crippen LogP contribution in [-0.4, -0.2) is 42.9 Å². The molecule has 6 nitrogen and oxygen atoms in total. The van der Waals surface area contributed by atoms with Crippen LogP contribution in [0.3, 0.4) is 0 Å². The number of carbonyl (C=O) groups excluding carboxylic acids is 1. The summed E-state index contributed by atoms with van der Waals surface area (Å²) in [6, 6.07) is 13.5. The number of aromatic nitrogens is 1. The van der Waals surface area contributed by atoms with Gasteiger partial charge in [-0.2, -0.15) is 0 Å². The van der Waals surface area contributed by atoms with E-state index in [1.54, 1.807) is 30.3 Å². The molecule has 0 atom stereocenters. The number of aliphatic hydroxyl groups is 1. The molecule has 1 amide bonds. The highest BCUT2D eigenvalue weighted by Gasteiger charge is 2.27. The summed E-state index contributed by atoms with van der Waals surface area (Å²) in [4.78, 5) is 17.9. The number of ether oxygens (including phenoxy) is 2. The van der Waals surface area contributed by atoms with E-state index in [4.69, 9.17) is 31.2 Å². The van der Waals surface area contributed by atoms with Crippen molar-refractivity contribution in [3.05, 3.63) is 76.2 Å². The minimum Gasteiger partial charge on any atom is -0.493 e. The summed E-state index contributed by atoms with van der Waals surface area (Å²) in [5.74, 6) is 0.107. The Hall–Kier alpha value is -3.16. The van der Waals surface area contributed by atoms with Crippen LogP contribution < -0.4 is 14.8 Å². The van der Waals surface area contributed by atoms with Crippen LogP contribution in [0.1, 0.15) is 56.2 Å². The third-order valence-electron chi connectivity index (χ3n) is 6.07. The second-order valence-corrected chi connectivity index (χ2v) is 10.9. The van der Waals surface area contributed by atoms with Gasteiger partial charge in [0.1, 0.15) is 12.4 Å². The van der Waals surface area contributed by atoms with Crippen LogP contribution in [0.2, 0.25) is 5.02 Å². The molecular formula is C29H34ClFN2O4. The minimum atomic E-state index is -0.524. The molecule has 3 rings (SSSR count). The van der Waals surface area contributed by atoms with E-state index >= 15 is 0 Å². The Bertz CT molecular complexity index is 1270. The lowest BCUT2D eigenvalue weighted by atomic mass is 9.81. The Kier molecular flexibility index (Phi) is 8.82. The van der Waals surface area contributed by atoms with Gasteiger partial charge in [0.2, 0.25) is 0 Å². The number of aliphatic hydroxyl groups excluding tert-OH is 1. The van der Waals surface area contributed by atoms with Gasteiger partial charge < -0.3 is 19.9 Å². The lowest BCUT2D eigenvalue weighted by Crippen LogP contribution is -2.37. The summed E-state index contributed by atoms with van der Waals surface area (Å²) in [6.07, 6.45) is 0. The van der Waals surface area contributed by atoms with Crippen molar-refractivity contribution in [2.75, 3.05) is 26.9 Å². The van der Waals surface area contributed by atoms with Crippen molar-refractivity contribution >= 4 is 17.5 Å². The fourth-order valence-corrected chi connectivity index (χ4v) is 3.87. The van der Waals surface area contributed by atoms with Crippen molar-refractivity contribution in [3.63, 3.8) is 0 Å². The zero-order valence-corrected chi connectivity index (χ0v) is 22.9. The summed E-state index contributed by atoms with van der Waals surface area (Å²) >= 11 is 6.04. The van der Waals surface area contributed by atoms with Crippen LogP contribution in [0, 0.1) is 5.82 Å². The van der Waals surface area contributed by atoms with E-state index in [1.165, 1.54) is 13.2 Å². The molecule has 0 saturated carbocycles. The molecular weight excluding hydrogens is 495 g/mol. The fourth-order valence-electron chi connectivity index (χ4n) is 3.69. The lowest BCUT2D eigenvalue weighted by Gasteiger charge is -2.28. The largest absolute Gasteiger partial charge is 0.493 e. The maximum atomic E-state index is 13.8. The highest BCUT2D eigenvalue weighted by molar-refractivity contribution is 6.31. The van der Waals surface area contributed by atoms with Crippen LogP contribution in [0.25, 0.3) is 11.3 Å². The Labute approximate surface area is 222 Å². The highest BCUT2D eigenvalue weighted by Crippen LogP contribution is 2.33. The van der Waals surface area contributed by atoms with Gasteiger partial charge in [0.25, 0.3) is 5.91 Å². The molecule has 198 valence electrons. The third kappa shape index (κ3) is 6.99.